The van der Waals surface area contributed by atoms with Crippen LogP contribution in [0.1, 0.15) is 49.3 Å². The predicted octanol–water partition coefficient (Wildman–Crippen LogP) is 11.9. The highest BCUT2D eigenvalue weighted by molar-refractivity contribution is 6.15. The maximum Gasteiger partial charge on any atom is 0.193 e. The van der Waals surface area contributed by atoms with Crippen molar-refractivity contribution in [3.05, 3.63) is 202 Å². The molecule has 0 fully saturated rings. The summed E-state index contributed by atoms with van der Waals surface area (Å²) >= 11 is 0. The summed E-state index contributed by atoms with van der Waals surface area (Å²) in [6, 6.07) is 57.0. The van der Waals surface area contributed by atoms with Gasteiger partial charge in [-0.05, 0) is 114 Å². The van der Waals surface area contributed by atoms with Gasteiger partial charge in [0.05, 0.1) is 5.41 Å². The normalized spacial score (nSPS) is 13.7. The molecule has 0 aliphatic heterocycles. The molecule has 1 spiro atoms. The van der Waals surface area contributed by atoms with E-state index in [1.807, 2.05) is 24.3 Å². The van der Waals surface area contributed by atoms with Gasteiger partial charge in [0, 0.05) is 11.1 Å². The van der Waals surface area contributed by atoms with E-state index in [1.165, 1.54) is 77.2 Å². The van der Waals surface area contributed by atoms with Gasteiger partial charge >= 0.3 is 0 Å². The zero-order valence-electron chi connectivity index (χ0n) is 27.4. The number of aryl methyl sites for hydroxylation is 2. The van der Waals surface area contributed by atoms with Crippen molar-refractivity contribution in [2.24, 2.45) is 0 Å². The van der Waals surface area contributed by atoms with Crippen molar-refractivity contribution in [2.45, 2.75) is 19.3 Å². The number of benzene rings is 8. The largest absolute Gasteiger partial charge is 0.289 e. The maximum atomic E-state index is 14.2. The van der Waals surface area contributed by atoms with Gasteiger partial charge in [0.15, 0.2) is 5.78 Å². The average molecular weight is 625 g/mol. The fourth-order valence-electron chi connectivity index (χ4n) is 8.95. The fraction of sp³-hybridized carbons (Fsp3) is 0.0625. The highest BCUT2D eigenvalue weighted by Crippen LogP contribution is 2.60. The first kappa shape index (κ1) is 28.0. The summed E-state index contributed by atoms with van der Waals surface area (Å²) in [6.45, 7) is 4.37. The van der Waals surface area contributed by atoms with Gasteiger partial charge < -0.3 is 0 Å². The van der Waals surface area contributed by atoms with Crippen LogP contribution in [-0.4, -0.2) is 5.78 Å². The Morgan fingerprint density at radius 2 is 0.735 bits per heavy atom. The minimum atomic E-state index is -0.668. The molecule has 2 aliphatic carbocycles. The molecule has 0 unspecified atom stereocenters. The molecule has 0 N–H and O–H groups in total. The first-order valence-electron chi connectivity index (χ1n) is 17.1. The van der Waals surface area contributed by atoms with Crippen LogP contribution < -0.4 is 0 Å². The van der Waals surface area contributed by atoms with Crippen molar-refractivity contribution in [1.29, 1.82) is 0 Å². The average Bonchev–Trinajstić information content (AvgIpc) is 3.44. The molecule has 2 aliphatic rings. The van der Waals surface area contributed by atoms with Crippen LogP contribution in [0.2, 0.25) is 0 Å². The van der Waals surface area contributed by atoms with Gasteiger partial charge in [0.25, 0.3) is 0 Å². The van der Waals surface area contributed by atoms with E-state index in [9.17, 15) is 4.79 Å². The molecule has 0 bridgehead atoms. The van der Waals surface area contributed by atoms with Crippen LogP contribution in [0.25, 0.3) is 54.9 Å². The minimum absolute atomic E-state index is 0.0909. The molecule has 0 aromatic heterocycles. The predicted molar refractivity (Wildman–Crippen MR) is 203 cm³/mol. The Balaban J connectivity index is 1.32. The second-order valence-electron chi connectivity index (χ2n) is 13.6. The third-order valence-corrected chi connectivity index (χ3v) is 11.2. The summed E-state index contributed by atoms with van der Waals surface area (Å²) in [7, 11) is 0. The van der Waals surface area contributed by atoms with E-state index in [0.717, 1.165) is 22.3 Å². The van der Waals surface area contributed by atoms with Gasteiger partial charge in [0.1, 0.15) is 0 Å². The van der Waals surface area contributed by atoms with Crippen molar-refractivity contribution in [3.8, 4) is 33.4 Å². The van der Waals surface area contributed by atoms with Crippen molar-refractivity contribution >= 4 is 27.3 Å². The summed E-state index contributed by atoms with van der Waals surface area (Å²) in [4.78, 5) is 14.2. The lowest BCUT2D eigenvalue weighted by atomic mass is 9.61. The molecule has 10 rings (SSSR count). The molecule has 49 heavy (non-hydrogen) atoms. The first-order chi connectivity index (χ1) is 24.1. The molecule has 8 aromatic rings. The molecule has 0 radical (unpaired) electrons. The smallest absolute Gasteiger partial charge is 0.193 e. The molecular formula is C48H32O. The fourth-order valence-corrected chi connectivity index (χ4v) is 8.95. The van der Waals surface area contributed by atoms with Gasteiger partial charge in [-0.15, -0.1) is 0 Å². The summed E-state index contributed by atoms with van der Waals surface area (Å²) in [6.07, 6.45) is 0. The van der Waals surface area contributed by atoms with Crippen molar-refractivity contribution in [2.75, 3.05) is 0 Å². The number of carbonyl (C=O) groups excluding carboxylic acids is 1. The van der Waals surface area contributed by atoms with Crippen molar-refractivity contribution in [1.82, 2.24) is 0 Å². The molecule has 8 aromatic carbocycles. The van der Waals surface area contributed by atoms with Gasteiger partial charge in [0.2, 0.25) is 0 Å². The van der Waals surface area contributed by atoms with Gasteiger partial charge in [-0.1, -0.05) is 146 Å². The zero-order chi connectivity index (χ0) is 32.9. The van der Waals surface area contributed by atoms with Crippen LogP contribution in [-0.2, 0) is 5.41 Å². The zero-order valence-corrected chi connectivity index (χ0v) is 27.4. The van der Waals surface area contributed by atoms with E-state index >= 15 is 0 Å². The van der Waals surface area contributed by atoms with Crippen LogP contribution in [0.3, 0.4) is 0 Å². The number of rotatable bonds is 2. The number of hydrogen-bond acceptors (Lipinski definition) is 1. The second-order valence-corrected chi connectivity index (χ2v) is 13.6. The Kier molecular flexibility index (Phi) is 5.84. The lowest BCUT2D eigenvalue weighted by Gasteiger charge is -2.39. The molecule has 0 atom stereocenters. The minimum Gasteiger partial charge on any atom is -0.289 e. The second kappa shape index (κ2) is 10.2. The Labute approximate surface area is 286 Å². The third-order valence-electron chi connectivity index (χ3n) is 11.2. The van der Waals surface area contributed by atoms with Crippen LogP contribution in [0, 0.1) is 13.8 Å². The summed E-state index contributed by atoms with van der Waals surface area (Å²) in [5, 5.41) is 5.04. The lowest BCUT2D eigenvalue weighted by Crippen LogP contribution is -2.36. The molecule has 0 amide bonds. The van der Waals surface area contributed by atoms with Gasteiger partial charge in [-0.3, -0.25) is 4.79 Å². The van der Waals surface area contributed by atoms with Crippen LogP contribution >= 0.6 is 0 Å². The van der Waals surface area contributed by atoms with E-state index in [1.54, 1.807) is 0 Å². The third kappa shape index (κ3) is 3.73. The molecule has 0 saturated heterocycles. The van der Waals surface area contributed by atoms with Gasteiger partial charge in [-0.25, -0.2) is 0 Å². The molecule has 1 nitrogen and oxygen atoms in total. The van der Waals surface area contributed by atoms with E-state index in [2.05, 4.69) is 147 Å². The summed E-state index contributed by atoms with van der Waals surface area (Å²) < 4.78 is 0. The summed E-state index contributed by atoms with van der Waals surface area (Å²) in [5.41, 5.74) is 15.2. The maximum absolute atomic E-state index is 14.2. The number of ketones is 1. The van der Waals surface area contributed by atoms with E-state index in [4.69, 9.17) is 0 Å². The van der Waals surface area contributed by atoms with Crippen LogP contribution in [0.4, 0.5) is 0 Å². The van der Waals surface area contributed by atoms with Crippen LogP contribution in [0.15, 0.2) is 158 Å². The van der Waals surface area contributed by atoms with Crippen molar-refractivity contribution in [3.63, 3.8) is 0 Å². The van der Waals surface area contributed by atoms with Crippen LogP contribution in [0.5, 0.6) is 0 Å². The Hall–Kier alpha value is -6.05. The molecule has 0 heterocycles. The molecular weight excluding hydrogens is 593 g/mol. The highest BCUT2D eigenvalue weighted by Gasteiger charge is 2.51. The van der Waals surface area contributed by atoms with E-state index in [-0.39, 0.29) is 5.78 Å². The van der Waals surface area contributed by atoms with Gasteiger partial charge in [-0.2, -0.15) is 0 Å². The number of hydrogen-bond donors (Lipinski definition) is 0. The Morgan fingerprint density at radius 3 is 1.20 bits per heavy atom. The number of fused-ring (bicyclic) bond motifs is 11. The summed E-state index contributed by atoms with van der Waals surface area (Å²) in [5.74, 6) is 0.0909. The Bertz CT molecular complexity index is 2520. The quantitative estimate of drug-likeness (QED) is 0.187. The SMILES string of the molecule is Cc1ccc(-c2ccc3c(c2)C2(c4ccccc4C(=O)c4ccccc42)c2cc(-c4ccc(C)c5ccccc45)ccc2-3)c2ccccc12. The van der Waals surface area contributed by atoms with E-state index in [0.29, 0.717) is 0 Å². The molecule has 0 saturated carbocycles. The monoisotopic (exact) mass is 624 g/mol. The number of carbonyl (C=O) groups is 1. The lowest BCUT2D eigenvalue weighted by molar-refractivity contribution is 0.103. The topological polar surface area (TPSA) is 17.1 Å². The molecule has 1 heteroatoms. The first-order valence-corrected chi connectivity index (χ1v) is 17.1. The van der Waals surface area contributed by atoms with E-state index < -0.39 is 5.41 Å². The van der Waals surface area contributed by atoms with Crippen molar-refractivity contribution < 1.29 is 4.79 Å². The highest BCUT2D eigenvalue weighted by atomic mass is 16.1. The Morgan fingerprint density at radius 1 is 0.347 bits per heavy atom. The molecule has 230 valence electrons. The standard InChI is InChI=1S/C48H32O/c1-29-19-23-35(37-13-5-3-11-33(29)37)31-21-25-39-40-26-22-32(36-24-20-30(2)34-12-4-6-14-38(34)36)28-46(40)48(45(39)27-31)43-17-9-7-15-41(43)47(49)42-16-8-10-18-44(42)48/h3-28H,1-2H3.